The molecule has 7 heteroatoms. The van der Waals surface area contributed by atoms with Crippen LogP contribution in [0.2, 0.25) is 0 Å². The van der Waals surface area contributed by atoms with Crippen LogP contribution >= 0.6 is 0 Å². The average molecular weight is 304 g/mol. The molecule has 1 aromatic rings. The van der Waals surface area contributed by atoms with Gasteiger partial charge in [-0.25, -0.2) is 4.98 Å². The molecule has 118 valence electrons. The number of aromatic nitrogens is 2. The molecular formula is C15H20N4O3. The van der Waals surface area contributed by atoms with Gasteiger partial charge in [-0.2, -0.15) is 0 Å². The Morgan fingerprint density at radius 3 is 3.00 bits per heavy atom. The van der Waals surface area contributed by atoms with E-state index in [0.717, 1.165) is 12.1 Å². The second-order valence-corrected chi connectivity index (χ2v) is 5.77. The number of nitrogens with zero attached hydrogens (tertiary/aromatic N) is 3. The van der Waals surface area contributed by atoms with Crippen molar-refractivity contribution in [2.24, 2.45) is 0 Å². The van der Waals surface area contributed by atoms with Crippen LogP contribution in [-0.2, 0) is 22.6 Å². The van der Waals surface area contributed by atoms with E-state index in [2.05, 4.69) is 9.97 Å². The third kappa shape index (κ3) is 2.51. The number of rotatable bonds is 2. The topological polar surface area (TPSA) is 86.4 Å². The lowest BCUT2D eigenvalue weighted by Crippen LogP contribution is -2.49. The Morgan fingerprint density at radius 2 is 2.23 bits per heavy atom. The number of likely N-dealkylation sites (tertiary alicyclic amines) is 1. The van der Waals surface area contributed by atoms with E-state index in [9.17, 15) is 14.4 Å². The van der Waals surface area contributed by atoms with Crippen molar-refractivity contribution in [3.05, 3.63) is 27.9 Å². The van der Waals surface area contributed by atoms with Crippen LogP contribution in [0.15, 0.2) is 11.1 Å². The van der Waals surface area contributed by atoms with E-state index in [-0.39, 0.29) is 30.0 Å². The number of aromatic amines is 1. The van der Waals surface area contributed by atoms with Crippen LogP contribution in [0.25, 0.3) is 0 Å². The molecule has 2 aliphatic rings. The Morgan fingerprint density at radius 1 is 1.41 bits per heavy atom. The van der Waals surface area contributed by atoms with Gasteiger partial charge in [-0.15, -0.1) is 0 Å². The lowest BCUT2D eigenvalue weighted by molar-refractivity contribution is -0.144. The molecular weight excluding hydrogens is 284 g/mol. The van der Waals surface area contributed by atoms with Crippen molar-refractivity contribution < 1.29 is 9.59 Å². The van der Waals surface area contributed by atoms with Gasteiger partial charge in [-0.05, 0) is 12.8 Å². The Kier molecular flexibility index (Phi) is 3.96. The van der Waals surface area contributed by atoms with E-state index in [4.69, 9.17) is 0 Å². The van der Waals surface area contributed by atoms with Gasteiger partial charge in [0.25, 0.3) is 5.56 Å². The Labute approximate surface area is 128 Å². The number of H-pyrrole nitrogens is 1. The van der Waals surface area contributed by atoms with Crippen LogP contribution in [0.1, 0.15) is 37.4 Å². The number of carbonyl (C=O) groups excluding carboxylic acids is 2. The Balaban J connectivity index is 1.78. The van der Waals surface area contributed by atoms with Gasteiger partial charge in [-0.3, -0.25) is 14.4 Å². The molecule has 0 bridgehead atoms. The molecule has 1 aromatic heterocycles. The zero-order valence-corrected chi connectivity index (χ0v) is 12.7. The maximum atomic E-state index is 12.8. The maximum absolute atomic E-state index is 12.8. The van der Waals surface area contributed by atoms with Gasteiger partial charge < -0.3 is 14.8 Å². The molecule has 1 saturated heterocycles. The van der Waals surface area contributed by atoms with Crippen LogP contribution < -0.4 is 5.56 Å². The summed E-state index contributed by atoms with van der Waals surface area (Å²) in [5.74, 6) is -0.0269. The van der Waals surface area contributed by atoms with E-state index in [1.807, 2.05) is 6.92 Å². The molecule has 22 heavy (non-hydrogen) atoms. The average Bonchev–Trinajstić information content (AvgIpc) is 3.03. The van der Waals surface area contributed by atoms with Crippen molar-refractivity contribution in [3.8, 4) is 0 Å². The summed E-state index contributed by atoms with van der Waals surface area (Å²) in [6.45, 7) is 3.29. The molecule has 7 nitrogen and oxygen atoms in total. The summed E-state index contributed by atoms with van der Waals surface area (Å²) >= 11 is 0. The first-order valence-corrected chi connectivity index (χ1v) is 7.75. The number of hydrogen-bond acceptors (Lipinski definition) is 4. The molecule has 0 radical (unpaired) electrons. The molecule has 0 aromatic carbocycles. The predicted molar refractivity (Wildman–Crippen MR) is 79.0 cm³/mol. The van der Waals surface area contributed by atoms with Gasteiger partial charge in [0.15, 0.2) is 0 Å². The zero-order chi connectivity index (χ0) is 15.7. The molecule has 1 fully saturated rings. The van der Waals surface area contributed by atoms with Crippen LogP contribution in [0.4, 0.5) is 0 Å². The molecule has 0 saturated carbocycles. The van der Waals surface area contributed by atoms with Crippen molar-refractivity contribution in [3.63, 3.8) is 0 Å². The lowest BCUT2D eigenvalue weighted by Gasteiger charge is -2.32. The Bertz CT molecular complexity index is 654. The van der Waals surface area contributed by atoms with Gasteiger partial charge in [0.2, 0.25) is 11.8 Å². The molecule has 1 atom stereocenters. The summed E-state index contributed by atoms with van der Waals surface area (Å²) in [4.78, 5) is 46.7. The van der Waals surface area contributed by atoms with Gasteiger partial charge in [0.05, 0.1) is 24.1 Å². The van der Waals surface area contributed by atoms with E-state index in [1.54, 1.807) is 9.80 Å². The highest BCUT2D eigenvalue weighted by molar-refractivity contribution is 5.88. The highest BCUT2D eigenvalue weighted by Crippen LogP contribution is 2.22. The standard InChI is InChI=1S/C15H20N4O3/c1-2-13(20)19-6-3-4-12(19)15(22)18-7-5-11-10(8-18)14(21)17-9-16-11/h9,12H,2-8H2,1H3,(H,16,17,21)/t12-/m0/s1. The quantitative estimate of drug-likeness (QED) is 0.837. The molecule has 0 unspecified atom stereocenters. The fraction of sp³-hybridized carbons (Fsp3) is 0.600. The summed E-state index contributed by atoms with van der Waals surface area (Å²) in [6.07, 6.45) is 3.96. The van der Waals surface area contributed by atoms with Gasteiger partial charge >= 0.3 is 0 Å². The molecule has 3 rings (SSSR count). The number of fused-ring (bicyclic) bond motifs is 1. The minimum absolute atomic E-state index is 0.0211. The first-order valence-electron chi connectivity index (χ1n) is 7.75. The first-order chi connectivity index (χ1) is 10.6. The maximum Gasteiger partial charge on any atom is 0.255 e. The third-order valence-corrected chi connectivity index (χ3v) is 4.48. The highest BCUT2D eigenvalue weighted by Gasteiger charge is 2.37. The normalized spacial score (nSPS) is 20.9. The number of hydrogen-bond donors (Lipinski definition) is 1. The number of nitrogens with one attached hydrogen (secondary N) is 1. The molecule has 0 aliphatic carbocycles. The van der Waals surface area contributed by atoms with Crippen molar-refractivity contribution in [2.75, 3.05) is 13.1 Å². The smallest absolute Gasteiger partial charge is 0.255 e. The summed E-state index contributed by atoms with van der Waals surface area (Å²) < 4.78 is 0. The van der Waals surface area contributed by atoms with E-state index < -0.39 is 0 Å². The minimum atomic E-state index is -0.371. The van der Waals surface area contributed by atoms with E-state index >= 15 is 0 Å². The van der Waals surface area contributed by atoms with Crippen molar-refractivity contribution in [1.82, 2.24) is 19.8 Å². The van der Waals surface area contributed by atoms with E-state index in [1.165, 1.54) is 6.33 Å². The lowest BCUT2D eigenvalue weighted by atomic mass is 10.1. The molecule has 3 heterocycles. The van der Waals surface area contributed by atoms with Gasteiger partial charge in [0.1, 0.15) is 6.04 Å². The summed E-state index contributed by atoms with van der Waals surface area (Å²) in [5, 5.41) is 0. The van der Waals surface area contributed by atoms with Crippen molar-refractivity contribution >= 4 is 11.8 Å². The molecule has 2 aliphatic heterocycles. The van der Waals surface area contributed by atoms with Gasteiger partial charge in [0, 0.05) is 25.9 Å². The fourth-order valence-electron chi connectivity index (χ4n) is 3.28. The predicted octanol–water partition coefficient (Wildman–Crippen LogP) is 0.0556. The SMILES string of the molecule is CCC(=O)N1CCC[C@H]1C(=O)N1CCc2nc[nH]c(=O)c2C1. The second kappa shape index (κ2) is 5.90. The fourth-order valence-corrected chi connectivity index (χ4v) is 3.28. The van der Waals surface area contributed by atoms with Crippen LogP contribution in [0.3, 0.4) is 0 Å². The molecule has 0 spiro atoms. The van der Waals surface area contributed by atoms with E-state index in [0.29, 0.717) is 37.9 Å². The largest absolute Gasteiger partial charge is 0.336 e. The summed E-state index contributed by atoms with van der Waals surface area (Å²) in [5.41, 5.74) is 1.14. The summed E-state index contributed by atoms with van der Waals surface area (Å²) in [7, 11) is 0. The first kappa shape index (κ1) is 14.7. The van der Waals surface area contributed by atoms with Crippen LogP contribution in [0.5, 0.6) is 0 Å². The monoisotopic (exact) mass is 304 g/mol. The third-order valence-electron chi connectivity index (χ3n) is 4.48. The Hall–Kier alpha value is -2.18. The summed E-state index contributed by atoms with van der Waals surface area (Å²) in [6, 6.07) is -0.371. The highest BCUT2D eigenvalue weighted by atomic mass is 16.2. The van der Waals surface area contributed by atoms with Crippen LogP contribution in [-0.4, -0.2) is 50.7 Å². The zero-order valence-electron chi connectivity index (χ0n) is 12.7. The van der Waals surface area contributed by atoms with Gasteiger partial charge in [-0.1, -0.05) is 6.92 Å². The minimum Gasteiger partial charge on any atom is -0.336 e. The second-order valence-electron chi connectivity index (χ2n) is 5.77. The number of carbonyl (C=O) groups is 2. The molecule has 2 amide bonds. The van der Waals surface area contributed by atoms with Crippen LogP contribution in [0, 0.1) is 0 Å². The van der Waals surface area contributed by atoms with Crippen molar-refractivity contribution in [1.29, 1.82) is 0 Å². The van der Waals surface area contributed by atoms with Crippen molar-refractivity contribution in [2.45, 2.75) is 45.2 Å². The molecule has 1 N–H and O–H groups in total. The number of amides is 2.